The first kappa shape index (κ1) is 15.5. The van der Waals surface area contributed by atoms with E-state index in [1.165, 1.54) is 0 Å². The summed E-state index contributed by atoms with van der Waals surface area (Å²) in [4.78, 5) is 18.8. The Morgan fingerprint density at radius 3 is 2.96 bits per heavy atom. The molecule has 6 nitrogen and oxygen atoms in total. The van der Waals surface area contributed by atoms with Crippen molar-refractivity contribution in [1.82, 2.24) is 9.55 Å². The van der Waals surface area contributed by atoms with E-state index in [0.29, 0.717) is 36.2 Å². The Morgan fingerprint density at radius 2 is 2.26 bits per heavy atom. The molecule has 2 aromatic heterocycles. The number of pyridine rings is 2. The second-order valence-electron chi connectivity index (χ2n) is 6.07. The Hall–Kier alpha value is -2.39. The number of anilines is 1. The molecule has 1 N–H and O–H groups in total. The largest absolute Gasteiger partial charge is 0.393 e. The highest BCUT2D eigenvalue weighted by Gasteiger charge is 2.28. The smallest absolute Gasteiger partial charge is 0.252 e. The van der Waals surface area contributed by atoms with Crippen molar-refractivity contribution in [3.63, 3.8) is 0 Å². The summed E-state index contributed by atoms with van der Waals surface area (Å²) in [6, 6.07) is 7.03. The molecule has 23 heavy (non-hydrogen) atoms. The summed E-state index contributed by atoms with van der Waals surface area (Å²) in [7, 11) is 1.71. The van der Waals surface area contributed by atoms with Gasteiger partial charge in [-0.15, -0.1) is 0 Å². The number of hydrogen-bond donors (Lipinski definition) is 1. The second kappa shape index (κ2) is 6.01. The van der Waals surface area contributed by atoms with Gasteiger partial charge in [0.15, 0.2) is 0 Å². The molecule has 0 aliphatic carbocycles. The van der Waals surface area contributed by atoms with Crippen molar-refractivity contribution in [3.8, 4) is 6.07 Å². The van der Waals surface area contributed by atoms with E-state index in [-0.39, 0.29) is 17.6 Å². The summed E-state index contributed by atoms with van der Waals surface area (Å²) in [5.74, 6) is 0.182. The summed E-state index contributed by atoms with van der Waals surface area (Å²) in [6.07, 6.45) is 1.27. The van der Waals surface area contributed by atoms with Crippen LogP contribution in [-0.4, -0.2) is 33.9 Å². The van der Waals surface area contributed by atoms with Gasteiger partial charge in [0.1, 0.15) is 17.3 Å². The van der Waals surface area contributed by atoms with E-state index in [9.17, 15) is 9.90 Å². The Labute approximate surface area is 134 Å². The van der Waals surface area contributed by atoms with Gasteiger partial charge in [-0.05, 0) is 25.0 Å². The number of aliphatic hydroxyl groups excluding tert-OH is 1. The molecular weight excluding hydrogens is 292 g/mol. The lowest BCUT2D eigenvalue weighted by molar-refractivity contribution is 0.0861. The van der Waals surface area contributed by atoms with E-state index in [2.05, 4.69) is 22.9 Å². The number of piperidine rings is 1. The summed E-state index contributed by atoms with van der Waals surface area (Å²) >= 11 is 0. The standard InChI is InChI=1S/C17H20N4O2/c1-3-11-10-21(7-6-15(11)22)14-8-16(23)20(2)13-5-4-12(9-18)19-17(13)14/h4-5,8,11,15,22H,3,6-7,10H2,1-2H3/t11-,15+/m1/s1. The van der Waals surface area contributed by atoms with Crippen LogP contribution in [0.3, 0.4) is 0 Å². The number of aryl methyl sites for hydroxylation is 1. The molecule has 0 aromatic carbocycles. The molecule has 1 fully saturated rings. The van der Waals surface area contributed by atoms with Crippen LogP contribution in [0.25, 0.3) is 11.0 Å². The van der Waals surface area contributed by atoms with Gasteiger partial charge in [0.05, 0.1) is 17.3 Å². The van der Waals surface area contributed by atoms with Gasteiger partial charge < -0.3 is 14.6 Å². The van der Waals surface area contributed by atoms with Crippen molar-refractivity contribution >= 4 is 16.7 Å². The fourth-order valence-corrected chi connectivity index (χ4v) is 3.25. The lowest BCUT2D eigenvalue weighted by Gasteiger charge is -2.37. The first-order valence-electron chi connectivity index (χ1n) is 7.89. The van der Waals surface area contributed by atoms with Gasteiger partial charge in [-0.2, -0.15) is 5.26 Å². The van der Waals surface area contributed by atoms with Crippen molar-refractivity contribution in [3.05, 3.63) is 34.2 Å². The maximum absolute atomic E-state index is 12.3. The molecule has 2 aromatic rings. The lowest BCUT2D eigenvalue weighted by atomic mass is 9.92. The second-order valence-corrected chi connectivity index (χ2v) is 6.07. The number of rotatable bonds is 2. The van der Waals surface area contributed by atoms with Gasteiger partial charge in [-0.25, -0.2) is 4.98 Å². The quantitative estimate of drug-likeness (QED) is 0.906. The predicted octanol–water partition coefficient (Wildman–Crippen LogP) is 1.40. The van der Waals surface area contributed by atoms with Gasteiger partial charge in [-0.1, -0.05) is 6.92 Å². The summed E-state index contributed by atoms with van der Waals surface area (Å²) < 4.78 is 1.54. The van der Waals surface area contributed by atoms with E-state index in [0.717, 1.165) is 12.1 Å². The molecule has 1 aliphatic heterocycles. The minimum atomic E-state index is -0.295. The van der Waals surface area contributed by atoms with Crippen molar-refractivity contribution in [2.45, 2.75) is 25.9 Å². The minimum absolute atomic E-state index is 0.0989. The van der Waals surface area contributed by atoms with Crippen LogP contribution in [-0.2, 0) is 7.05 Å². The third kappa shape index (κ3) is 2.68. The average Bonchev–Trinajstić information content (AvgIpc) is 2.58. The molecule has 2 atom stereocenters. The summed E-state index contributed by atoms with van der Waals surface area (Å²) in [5, 5.41) is 19.2. The van der Waals surface area contributed by atoms with E-state index >= 15 is 0 Å². The highest BCUT2D eigenvalue weighted by Crippen LogP contribution is 2.29. The molecule has 3 heterocycles. The molecule has 120 valence electrons. The molecule has 0 bridgehead atoms. The molecule has 0 unspecified atom stereocenters. The molecule has 0 radical (unpaired) electrons. The zero-order chi connectivity index (χ0) is 16.6. The fourth-order valence-electron chi connectivity index (χ4n) is 3.25. The topological polar surface area (TPSA) is 82.2 Å². The normalized spacial score (nSPS) is 21.4. The monoisotopic (exact) mass is 312 g/mol. The highest BCUT2D eigenvalue weighted by atomic mass is 16.3. The number of nitriles is 1. The van der Waals surface area contributed by atoms with Gasteiger partial charge in [0, 0.05) is 32.1 Å². The molecule has 1 aliphatic rings. The lowest BCUT2D eigenvalue weighted by Crippen LogP contribution is -2.43. The van der Waals surface area contributed by atoms with E-state index in [4.69, 9.17) is 5.26 Å². The van der Waals surface area contributed by atoms with Crippen LogP contribution in [0.5, 0.6) is 0 Å². The van der Waals surface area contributed by atoms with Crippen LogP contribution in [0.15, 0.2) is 23.0 Å². The molecule has 0 saturated carbocycles. The van der Waals surface area contributed by atoms with Crippen molar-refractivity contribution in [1.29, 1.82) is 5.26 Å². The third-order valence-corrected chi connectivity index (χ3v) is 4.74. The molecule has 0 amide bonds. The molecule has 0 spiro atoms. The SMILES string of the molecule is CC[C@@H]1CN(c2cc(=O)n(C)c3ccc(C#N)nc23)CC[C@@H]1O. The molecular formula is C17H20N4O2. The van der Waals surface area contributed by atoms with Gasteiger partial charge >= 0.3 is 0 Å². The van der Waals surface area contributed by atoms with Crippen LogP contribution in [0.4, 0.5) is 5.69 Å². The number of aromatic nitrogens is 2. The maximum Gasteiger partial charge on any atom is 0.252 e. The van der Waals surface area contributed by atoms with Gasteiger partial charge in [0.2, 0.25) is 0 Å². The Bertz CT molecular complexity index is 837. The minimum Gasteiger partial charge on any atom is -0.393 e. The Morgan fingerprint density at radius 1 is 1.48 bits per heavy atom. The number of fused-ring (bicyclic) bond motifs is 1. The number of hydrogen-bond acceptors (Lipinski definition) is 5. The first-order valence-corrected chi connectivity index (χ1v) is 7.89. The number of nitrogens with zero attached hydrogens (tertiary/aromatic N) is 4. The molecule has 3 rings (SSSR count). The van der Waals surface area contributed by atoms with E-state index in [1.807, 2.05) is 0 Å². The maximum atomic E-state index is 12.3. The first-order chi connectivity index (χ1) is 11.0. The summed E-state index contributed by atoms with van der Waals surface area (Å²) in [6.45, 7) is 3.43. The van der Waals surface area contributed by atoms with Crippen LogP contribution >= 0.6 is 0 Å². The average molecular weight is 312 g/mol. The molecule has 1 saturated heterocycles. The van der Waals surface area contributed by atoms with E-state index in [1.54, 1.807) is 29.8 Å². The van der Waals surface area contributed by atoms with Crippen LogP contribution in [0, 0.1) is 17.2 Å². The highest BCUT2D eigenvalue weighted by molar-refractivity contribution is 5.88. The summed E-state index contributed by atoms with van der Waals surface area (Å²) in [5.41, 5.74) is 2.37. The van der Waals surface area contributed by atoms with Gasteiger partial charge in [-0.3, -0.25) is 4.79 Å². The predicted molar refractivity (Wildman–Crippen MR) is 88.3 cm³/mol. The Balaban J connectivity index is 2.15. The van der Waals surface area contributed by atoms with Crippen molar-refractivity contribution in [2.24, 2.45) is 13.0 Å². The Kier molecular flexibility index (Phi) is 4.05. The zero-order valence-corrected chi connectivity index (χ0v) is 13.4. The third-order valence-electron chi connectivity index (χ3n) is 4.74. The zero-order valence-electron chi connectivity index (χ0n) is 13.4. The van der Waals surface area contributed by atoms with E-state index < -0.39 is 0 Å². The van der Waals surface area contributed by atoms with Crippen LogP contribution in [0.1, 0.15) is 25.5 Å². The van der Waals surface area contributed by atoms with Crippen molar-refractivity contribution < 1.29 is 5.11 Å². The van der Waals surface area contributed by atoms with Crippen LogP contribution in [0.2, 0.25) is 0 Å². The van der Waals surface area contributed by atoms with Crippen molar-refractivity contribution in [2.75, 3.05) is 18.0 Å². The molecule has 6 heteroatoms. The van der Waals surface area contributed by atoms with Crippen LogP contribution < -0.4 is 10.5 Å². The fraction of sp³-hybridized carbons (Fsp3) is 0.471. The number of aliphatic hydroxyl groups is 1. The van der Waals surface area contributed by atoms with Gasteiger partial charge in [0.25, 0.3) is 5.56 Å².